The van der Waals surface area contributed by atoms with E-state index in [4.69, 9.17) is 16.3 Å². The molecule has 1 fully saturated rings. The number of hydrogen-bond acceptors (Lipinski definition) is 7. The first-order chi connectivity index (χ1) is 17.4. The number of halogens is 5. The van der Waals surface area contributed by atoms with Gasteiger partial charge >= 0.3 is 0 Å². The van der Waals surface area contributed by atoms with Gasteiger partial charge in [0, 0.05) is 43.0 Å². The zero-order valence-electron chi connectivity index (χ0n) is 20.3. The highest BCUT2D eigenvalue weighted by atomic mass is 35.5. The molecule has 0 spiro atoms. The third-order valence-corrected chi connectivity index (χ3v) is 7.16. The van der Waals surface area contributed by atoms with Crippen LogP contribution in [0.15, 0.2) is 29.2 Å². The maximum Gasteiger partial charge on any atom is 0.298 e. The van der Waals surface area contributed by atoms with E-state index in [0.29, 0.717) is 16.6 Å². The maximum atomic E-state index is 14.3. The Morgan fingerprint density at radius 1 is 1.19 bits per heavy atom. The molecule has 3 aromatic rings. The van der Waals surface area contributed by atoms with E-state index in [0.717, 1.165) is 0 Å². The number of ether oxygens (including phenoxy) is 1. The second kappa shape index (κ2) is 8.93. The van der Waals surface area contributed by atoms with E-state index < -0.39 is 42.4 Å². The van der Waals surface area contributed by atoms with Crippen molar-refractivity contribution in [2.24, 2.45) is 18.9 Å². The number of aryl methyl sites for hydroxylation is 1. The first kappa shape index (κ1) is 25.4. The Morgan fingerprint density at radius 3 is 2.59 bits per heavy atom. The molecule has 2 aliphatic rings. The zero-order valence-corrected chi connectivity index (χ0v) is 21.0. The van der Waals surface area contributed by atoms with Crippen LogP contribution >= 0.6 is 11.6 Å². The van der Waals surface area contributed by atoms with E-state index in [-0.39, 0.29) is 41.3 Å². The maximum absolute atomic E-state index is 14.3. The van der Waals surface area contributed by atoms with Crippen LogP contribution in [0.25, 0.3) is 10.9 Å². The topological polar surface area (TPSA) is 84.3 Å². The summed E-state index contributed by atoms with van der Waals surface area (Å²) in [5, 5.41) is 6.43. The summed E-state index contributed by atoms with van der Waals surface area (Å²) in [6.07, 6.45) is 1.39. The monoisotopic (exact) mass is 540 g/mol. The minimum atomic E-state index is -3.15. The summed E-state index contributed by atoms with van der Waals surface area (Å²) >= 11 is 6.33. The molecular formula is C24H25ClF4N6O2. The molecule has 2 unspecified atom stereocenters. The average Bonchev–Trinajstić information content (AvgIpc) is 3.00. The summed E-state index contributed by atoms with van der Waals surface area (Å²) in [6.45, 7) is 1.57. The first-order valence-electron chi connectivity index (χ1n) is 11.7. The van der Waals surface area contributed by atoms with Crippen LogP contribution in [0.5, 0.6) is 5.75 Å². The Balaban J connectivity index is 1.50. The third-order valence-electron chi connectivity index (χ3n) is 6.88. The van der Waals surface area contributed by atoms with E-state index in [1.54, 1.807) is 23.1 Å². The zero-order chi connectivity index (χ0) is 26.7. The van der Waals surface area contributed by atoms with Crippen molar-refractivity contribution in [2.75, 3.05) is 41.8 Å². The minimum absolute atomic E-state index is 0.0882. The highest BCUT2D eigenvalue weighted by molar-refractivity contribution is 6.32. The summed E-state index contributed by atoms with van der Waals surface area (Å²) in [7, 11) is 1.53. The molecule has 1 aromatic carbocycles. The van der Waals surface area contributed by atoms with E-state index in [1.807, 2.05) is 0 Å². The second-order valence-corrected chi connectivity index (χ2v) is 10.1. The van der Waals surface area contributed by atoms with Crippen molar-refractivity contribution in [3.63, 3.8) is 0 Å². The number of piperidine rings is 1. The number of hydrogen-bond donors (Lipinski definition) is 2. The predicted octanol–water partition coefficient (Wildman–Crippen LogP) is 4.89. The summed E-state index contributed by atoms with van der Waals surface area (Å²) in [5.41, 5.74) is 0.644. The number of nitrogens with zero attached hydrogens (tertiary/aromatic N) is 4. The largest absolute Gasteiger partial charge is 0.480 e. The lowest BCUT2D eigenvalue weighted by atomic mass is 9.87. The van der Waals surface area contributed by atoms with Gasteiger partial charge in [-0.05, 0) is 18.2 Å². The fraction of sp³-hybridized carbons (Fsp3) is 0.458. The lowest BCUT2D eigenvalue weighted by Crippen LogP contribution is -2.52. The standard InChI is InChI=1S/C24H25ClF4N6O2/c1-12-8-35(9-13(2)24(12,28)29)22-30-7-16(25)20(33-22)32-14-4-5-17-15(6-14)18-19(21(36)34(17)3)37-11-23(26,27)10-31-18/h4-7,12-13,31H,8-11H2,1-3H3,(H,30,32,33). The molecule has 5 rings (SSSR count). The van der Waals surface area contributed by atoms with Crippen LogP contribution < -0.4 is 25.8 Å². The average molecular weight is 541 g/mol. The van der Waals surface area contributed by atoms with Crippen LogP contribution in [-0.2, 0) is 7.05 Å². The highest BCUT2D eigenvalue weighted by Crippen LogP contribution is 2.39. The van der Waals surface area contributed by atoms with E-state index in [2.05, 4.69) is 20.6 Å². The van der Waals surface area contributed by atoms with Crippen LogP contribution in [0.1, 0.15) is 13.8 Å². The molecule has 8 nitrogen and oxygen atoms in total. The van der Waals surface area contributed by atoms with Gasteiger partial charge in [-0.2, -0.15) is 4.98 Å². The Morgan fingerprint density at radius 2 is 1.89 bits per heavy atom. The molecule has 198 valence electrons. The third kappa shape index (κ3) is 4.51. The Hall–Kier alpha value is -3.28. The minimum Gasteiger partial charge on any atom is -0.480 e. The highest BCUT2D eigenvalue weighted by Gasteiger charge is 2.47. The van der Waals surface area contributed by atoms with Gasteiger partial charge in [0.15, 0.2) is 12.4 Å². The van der Waals surface area contributed by atoms with Gasteiger partial charge in [-0.15, -0.1) is 0 Å². The van der Waals surface area contributed by atoms with E-state index in [9.17, 15) is 22.4 Å². The smallest absolute Gasteiger partial charge is 0.298 e. The van der Waals surface area contributed by atoms with Gasteiger partial charge < -0.3 is 24.8 Å². The normalized spacial score (nSPS) is 22.5. The molecule has 0 amide bonds. The molecule has 13 heteroatoms. The lowest BCUT2D eigenvalue weighted by molar-refractivity contribution is -0.105. The molecule has 2 aliphatic heterocycles. The number of aromatic nitrogens is 3. The van der Waals surface area contributed by atoms with Crippen molar-refractivity contribution >= 4 is 45.6 Å². The quantitative estimate of drug-likeness (QED) is 0.457. The first-order valence-corrected chi connectivity index (χ1v) is 12.1. The number of alkyl halides is 4. The van der Waals surface area contributed by atoms with Gasteiger partial charge in [0.1, 0.15) is 5.02 Å². The second-order valence-electron chi connectivity index (χ2n) is 9.67. The van der Waals surface area contributed by atoms with Crippen molar-refractivity contribution in [2.45, 2.75) is 25.7 Å². The molecule has 0 saturated carbocycles. The molecule has 37 heavy (non-hydrogen) atoms. The van der Waals surface area contributed by atoms with Crippen molar-refractivity contribution in [1.82, 2.24) is 14.5 Å². The lowest BCUT2D eigenvalue weighted by Gasteiger charge is -2.41. The van der Waals surface area contributed by atoms with Crippen molar-refractivity contribution < 1.29 is 22.3 Å². The fourth-order valence-corrected chi connectivity index (χ4v) is 4.85. The van der Waals surface area contributed by atoms with Gasteiger partial charge in [-0.3, -0.25) is 4.79 Å². The van der Waals surface area contributed by atoms with Crippen molar-refractivity contribution in [3.8, 4) is 5.75 Å². The number of fused-ring (bicyclic) bond motifs is 3. The van der Waals surface area contributed by atoms with Gasteiger partial charge in [0.05, 0.1) is 23.9 Å². The van der Waals surface area contributed by atoms with Gasteiger partial charge in [0.25, 0.3) is 17.4 Å². The van der Waals surface area contributed by atoms with Crippen LogP contribution in [0.4, 0.5) is 40.7 Å². The molecule has 1 saturated heterocycles. The molecular weight excluding hydrogens is 516 g/mol. The molecule has 2 N–H and O–H groups in total. The van der Waals surface area contributed by atoms with Crippen LogP contribution in [0, 0.1) is 11.8 Å². The van der Waals surface area contributed by atoms with Crippen LogP contribution in [-0.4, -0.2) is 52.6 Å². The Kier molecular flexibility index (Phi) is 6.12. The summed E-state index contributed by atoms with van der Waals surface area (Å²) in [4.78, 5) is 23.1. The van der Waals surface area contributed by atoms with E-state index in [1.165, 1.54) is 31.7 Å². The fourth-order valence-electron chi connectivity index (χ4n) is 4.72. The van der Waals surface area contributed by atoms with Gasteiger partial charge in [0.2, 0.25) is 11.7 Å². The summed E-state index contributed by atoms with van der Waals surface area (Å²) in [5.74, 6) is -7.37. The molecule has 2 aromatic heterocycles. The number of benzene rings is 1. The van der Waals surface area contributed by atoms with Gasteiger partial charge in [-0.25, -0.2) is 22.5 Å². The summed E-state index contributed by atoms with van der Waals surface area (Å²) in [6, 6.07) is 5.01. The number of nitrogens with one attached hydrogen (secondary N) is 2. The van der Waals surface area contributed by atoms with Gasteiger partial charge in [-0.1, -0.05) is 25.4 Å². The number of pyridine rings is 1. The Labute approximate surface area is 214 Å². The summed E-state index contributed by atoms with van der Waals surface area (Å²) < 4.78 is 63.1. The molecule has 2 atom stereocenters. The van der Waals surface area contributed by atoms with Crippen molar-refractivity contribution in [1.29, 1.82) is 0 Å². The van der Waals surface area contributed by atoms with E-state index >= 15 is 0 Å². The van der Waals surface area contributed by atoms with Crippen LogP contribution in [0.2, 0.25) is 5.02 Å². The Bertz CT molecular complexity index is 1420. The predicted molar refractivity (Wildman–Crippen MR) is 134 cm³/mol. The van der Waals surface area contributed by atoms with Crippen LogP contribution in [0.3, 0.4) is 0 Å². The van der Waals surface area contributed by atoms with Crippen molar-refractivity contribution in [3.05, 3.63) is 39.8 Å². The molecule has 4 heterocycles. The molecule has 0 aliphatic carbocycles. The molecule has 0 bridgehead atoms. The number of anilines is 4. The number of rotatable bonds is 3. The SMILES string of the molecule is CC1CN(c2ncc(Cl)c(Nc3ccc4c(c3)c3c(c(=O)n4C)OCC(F)(F)CN3)n2)CC(C)C1(F)F. The molecule has 0 radical (unpaired) electrons.